The summed E-state index contributed by atoms with van der Waals surface area (Å²) >= 11 is 0. The summed E-state index contributed by atoms with van der Waals surface area (Å²) in [4.78, 5) is 12.4. The molecule has 4 rings (SSSR count). The molecule has 2 aromatic carbocycles. The lowest BCUT2D eigenvalue weighted by atomic mass is 10.1. The maximum absolute atomic E-state index is 12.9. The van der Waals surface area contributed by atoms with Crippen LogP contribution in [0.1, 0.15) is 21.9 Å². The SMILES string of the molecule is O=C(/C=C/c1ccc(COc2ccc(F)cc2)o1)c1ccc(-n2cccc2)cc1. The zero-order chi connectivity index (χ0) is 20.1. The second-order valence-corrected chi connectivity index (χ2v) is 6.38. The minimum Gasteiger partial charge on any atom is -0.486 e. The molecule has 0 saturated carbocycles. The molecule has 0 aliphatic carbocycles. The van der Waals surface area contributed by atoms with E-state index in [4.69, 9.17) is 9.15 Å². The molecule has 29 heavy (non-hydrogen) atoms. The Morgan fingerprint density at radius 3 is 2.41 bits per heavy atom. The van der Waals surface area contributed by atoms with E-state index in [2.05, 4.69) is 0 Å². The first-order valence-electron chi connectivity index (χ1n) is 9.10. The van der Waals surface area contributed by atoms with Crippen LogP contribution in [0.2, 0.25) is 0 Å². The van der Waals surface area contributed by atoms with E-state index < -0.39 is 0 Å². The minimum atomic E-state index is -0.313. The van der Waals surface area contributed by atoms with Crippen LogP contribution in [0.5, 0.6) is 5.75 Å². The third-order valence-electron chi connectivity index (χ3n) is 4.33. The van der Waals surface area contributed by atoms with Gasteiger partial charge in [-0.15, -0.1) is 0 Å². The molecule has 0 bridgehead atoms. The van der Waals surface area contributed by atoms with Gasteiger partial charge in [0.25, 0.3) is 0 Å². The van der Waals surface area contributed by atoms with Crippen molar-refractivity contribution in [2.24, 2.45) is 0 Å². The van der Waals surface area contributed by atoms with Crippen molar-refractivity contribution >= 4 is 11.9 Å². The standard InChI is InChI=1S/C24H18FNO3/c25-19-5-9-21(10-6-19)28-17-23-12-11-22(29-23)13-14-24(27)18-3-7-20(8-4-18)26-15-1-2-16-26/h1-16H,17H2/b14-13+. The van der Waals surface area contributed by atoms with Crippen molar-refractivity contribution in [3.8, 4) is 11.4 Å². The Morgan fingerprint density at radius 1 is 0.966 bits per heavy atom. The van der Waals surface area contributed by atoms with E-state index in [0.29, 0.717) is 22.8 Å². The number of halogens is 1. The fourth-order valence-corrected chi connectivity index (χ4v) is 2.81. The molecule has 2 heterocycles. The molecule has 0 aliphatic rings. The average Bonchev–Trinajstić information content (AvgIpc) is 3.44. The predicted molar refractivity (Wildman–Crippen MR) is 109 cm³/mol. The van der Waals surface area contributed by atoms with Gasteiger partial charge in [-0.2, -0.15) is 0 Å². The van der Waals surface area contributed by atoms with E-state index in [1.165, 1.54) is 18.2 Å². The monoisotopic (exact) mass is 387 g/mol. The van der Waals surface area contributed by atoms with Crippen molar-refractivity contribution in [1.82, 2.24) is 4.57 Å². The minimum absolute atomic E-state index is 0.107. The summed E-state index contributed by atoms with van der Waals surface area (Å²) in [5, 5.41) is 0. The second kappa shape index (κ2) is 8.44. The molecule has 0 saturated heterocycles. The van der Waals surface area contributed by atoms with Gasteiger partial charge in [0.15, 0.2) is 5.78 Å². The van der Waals surface area contributed by atoms with Crippen LogP contribution in [0, 0.1) is 5.82 Å². The molecule has 144 valence electrons. The van der Waals surface area contributed by atoms with Gasteiger partial charge in [-0.1, -0.05) is 0 Å². The van der Waals surface area contributed by atoms with E-state index >= 15 is 0 Å². The molecular formula is C24H18FNO3. The lowest BCUT2D eigenvalue weighted by molar-refractivity contribution is 0.104. The van der Waals surface area contributed by atoms with Crippen molar-refractivity contribution in [3.05, 3.63) is 114 Å². The predicted octanol–water partition coefficient (Wildman–Crippen LogP) is 5.68. The largest absolute Gasteiger partial charge is 0.486 e. The molecule has 4 nitrogen and oxygen atoms in total. The number of ketones is 1. The number of ether oxygens (including phenoxy) is 1. The van der Waals surface area contributed by atoms with Crippen LogP contribution in [-0.2, 0) is 6.61 Å². The molecule has 0 radical (unpaired) electrons. The summed E-state index contributed by atoms with van der Waals surface area (Å²) in [5.41, 5.74) is 1.59. The molecule has 0 atom stereocenters. The summed E-state index contributed by atoms with van der Waals surface area (Å²) in [6.45, 7) is 0.217. The topological polar surface area (TPSA) is 44.4 Å². The highest BCUT2D eigenvalue weighted by Gasteiger charge is 2.05. The van der Waals surface area contributed by atoms with Gasteiger partial charge in [0.2, 0.25) is 0 Å². The number of rotatable bonds is 7. The van der Waals surface area contributed by atoms with E-state index in [1.54, 1.807) is 42.5 Å². The number of hydrogen-bond donors (Lipinski definition) is 0. The van der Waals surface area contributed by atoms with E-state index in [1.807, 2.05) is 41.2 Å². The molecule has 0 fully saturated rings. The highest BCUT2D eigenvalue weighted by Crippen LogP contribution is 2.16. The molecule has 2 aromatic heterocycles. The summed E-state index contributed by atoms with van der Waals surface area (Å²) in [5.74, 6) is 1.30. The molecule has 0 amide bonds. The van der Waals surface area contributed by atoms with Gasteiger partial charge in [0, 0.05) is 23.6 Å². The first kappa shape index (κ1) is 18.5. The van der Waals surface area contributed by atoms with Gasteiger partial charge in [0.05, 0.1) is 0 Å². The number of carbonyl (C=O) groups excluding carboxylic acids is 1. The second-order valence-electron chi connectivity index (χ2n) is 6.38. The van der Waals surface area contributed by atoms with Crippen LogP contribution in [0.4, 0.5) is 4.39 Å². The first-order chi connectivity index (χ1) is 14.2. The molecule has 0 unspecified atom stereocenters. The number of carbonyl (C=O) groups is 1. The zero-order valence-corrected chi connectivity index (χ0v) is 15.5. The van der Waals surface area contributed by atoms with Gasteiger partial charge in [0.1, 0.15) is 29.7 Å². The number of benzene rings is 2. The summed E-state index contributed by atoms with van der Waals surface area (Å²) in [6.07, 6.45) is 7.01. The van der Waals surface area contributed by atoms with Gasteiger partial charge in [-0.05, 0) is 84.9 Å². The molecular weight excluding hydrogens is 369 g/mol. The van der Waals surface area contributed by atoms with Crippen LogP contribution in [0.3, 0.4) is 0 Å². The van der Waals surface area contributed by atoms with Crippen molar-refractivity contribution in [2.75, 3.05) is 0 Å². The fraction of sp³-hybridized carbons (Fsp3) is 0.0417. The van der Waals surface area contributed by atoms with Gasteiger partial charge in [-0.25, -0.2) is 4.39 Å². The zero-order valence-electron chi connectivity index (χ0n) is 15.5. The Labute approximate surface area is 167 Å². The summed E-state index contributed by atoms with van der Waals surface area (Å²) in [7, 11) is 0. The van der Waals surface area contributed by atoms with Crippen molar-refractivity contribution in [1.29, 1.82) is 0 Å². The van der Waals surface area contributed by atoms with E-state index in [0.717, 1.165) is 5.69 Å². The lowest BCUT2D eigenvalue weighted by Crippen LogP contribution is -1.96. The lowest BCUT2D eigenvalue weighted by Gasteiger charge is -2.03. The number of furan rings is 1. The number of aromatic nitrogens is 1. The maximum Gasteiger partial charge on any atom is 0.185 e. The number of allylic oxidation sites excluding steroid dienone is 1. The summed E-state index contributed by atoms with van der Waals surface area (Å²) in [6, 6.07) is 20.6. The quantitative estimate of drug-likeness (QED) is 0.302. The van der Waals surface area contributed by atoms with Crippen LogP contribution >= 0.6 is 0 Å². The fourth-order valence-electron chi connectivity index (χ4n) is 2.81. The Kier molecular flexibility index (Phi) is 5.38. The smallest absolute Gasteiger partial charge is 0.185 e. The maximum atomic E-state index is 12.9. The van der Waals surface area contributed by atoms with Crippen molar-refractivity contribution in [3.63, 3.8) is 0 Å². The molecule has 0 N–H and O–H groups in total. The Bertz CT molecular complexity index is 1110. The first-order valence-corrected chi connectivity index (χ1v) is 9.10. The molecule has 4 aromatic rings. The average molecular weight is 387 g/mol. The van der Waals surface area contributed by atoms with Crippen LogP contribution < -0.4 is 4.74 Å². The molecule has 5 heteroatoms. The number of nitrogens with zero attached hydrogens (tertiary/aromatic N) is 1. The van der Waals surface area contributed by atoms with Crippen molar-refractivity contribution < 1.29 is 18.3 Å². The van der Waals surface area contributed by atoms with Gasteiger partial charge in [-0.3, -0.25) is 4.79 Å². The van der Waals surface area contributed by atoms with E-state index in [-0.39, 0.29) is 18.2 Å². The van der Waals surface area contributed by atoms with Crippen LogP contribution in [0.25, 0.3) is 11.8 Å². The van der Waals surface area contributed by atoms with Gasteiger partial charge >= 0.3 is 0 Å². The Balaban J connectivity index is 1.35. The van der Waals surface area contributed by atoms with Gasteiger partial charge < -0.3 is 13.7 Å². The van der Waals surface area contributed by atoms with E-state index in [9.17, 15) is 9.18 Å². The van der Waals surface area contributed by atoms with Crippen LogP contribution in [0.15, 0.2) is 95.7 Å². The normalized spacial score (nSPS) is 11.1. The summed E-state index contributed by atoms with van der Waals surface area (Å²) < 4.78 is 26.1. The third kappa shape index (κ3) is 4.71. The van der Waals surface area contributed by atoms with Crippen molar-refractivity contribution in [2.45, 2.75) is 6.61 Å². The number of hydrogen-bond acceptors (Lipinski definition) is 3. The third-order valence-corrected chi connectivity index (χ3v) is 4.33. The molecule has 0 spiro atoms. The Hall–Kier alpha value is -3.86. The van der Waals surface area contributed by atoms with Crippen LogP contribution in [-0.4, -0.2) is 10.4 Å². The highest BCUT2D eigenvalue weighted by molar-refractivity contribution is 6.06. The highest BCUT2D eigenvalue weighted by atomic mass is 19.1. The molecule has 0 aliphatic heterocycles. The Morgan fingerprint density at radius 2 is 1.69 bits per heavy atom.